The molecular formula is C26H25N3O4. The first kappa shape index (κ1) is 22.4. The maximum Gasteiger partial charge on any atom is 0.325 e. The highest BCUT2D eigenvalue weighted by Crippen LogP contribution is 2.32. The minimum absolute atomic E-state index is 0.346. The van der Waals surface area contributed by atoms with Gasteiger partial charge >= 0.3 is 5.97 Å². The van der Waals surface area contributed by atoms with E-state index in [1.807, 2.05) is 61.5 Å². The van der Waals surface area contributed by atoms with Crippen molar-refractivity contribution in [3.63, 3.8) is 0 Å². The monoisotopic (exact) mass is 443 g/mol. The molecule has 0 aliphatic carbocycles. The van der Waals surface area contributed by atoms with Crippen molar-refractivity contribution in [1.29, 1.82) is 0 Å². The van der Waals surface area contributed by atoms with Crippen LogP contribution in [-0.2, 0) is 16.1 Å². The summed E-state index contributed by atoms with van der Waals surface area (Å²) in [5, 5.41) is 20.9. The van der Waals surface area contributed by atoms with Crippen LogP contribution in [0.4, 0.5) is 0 Å². The standard InChI is InChI=1S/C26H25N3O4/c1-17-21(19-9-4-3-5-10-19)12-7-13-22(17)25-29-28-24(33-25)20-11-6-8-18(14-20)15-27-23(16-30)26(31)32-2/h3-14,23,27,30H,15-16H2,1-2H3/t23-/m0/s1. The smallest absolute Gasteiger partial charge is 0.325 e. The number of nitrogens with one attached hydrogen (secondary N) is 1. The van der Waals surface area contributed by atoms with Gasteiger partial charge in [0.25, 0.3) is 0 Å². The minimum Gasteiger partial charge on any atom is -0.468 e. The van der Waals surface area contributed by atoms with E-state index in [0.29, 0.717) is 18.3 Å². The molecule has 2 N–H and O–H groups in total. The Bertz CT molecular complexity index is 1240. The molecule has 0 radical (unpaired) electrons. The molecule has 0 saturated carbocycles. The number of ether oxygens (including phenoxy) is 1. The molecule has 3 aromatic carbocycles. The van der Waals surface area contributed by atoms with Gasteiger partial charge in [-0.25, -0.2) is 0 Å². The van der Waals surface area contributed by atoms with Crippen LogP contribution in [0.5, 0.6) is 0 Å². The maximum absolute atomic E-state index is 11.7. The SMILES string of the molecule is COC(=O)[C@H](CO)NCc1cccc(-c2nnc(-c3cccc(-c4ccccc4)c3C)o2)c1. The van der Waals surface area contributed by atoms with Crippen LogP contribution >= 0.6 is 0 Å². The molecule has 0 aliphatic heterocycles. The Labute approximate surface area is 192 Å². The number of hydrogen-bond acceptors (Lipinski definition) is 7. The summed E-state index contributed by atoms with van der Waals surface area (Å²) in [5.74, 6) is 0.348. The van der Waals surface area contributed by atoms with Crippen molar-refractivity contribution in [2.45, 2.75) is 19.5 Å². The van der Waals surface area contributed by atoms with Crippen LogP contribution in [0.15, 0.2) is 77.2 Å². The molecule has 1 atom stereocenters. The van der Waals surface area contributed by atoms with E-state index in [1.165, 1.54) is 7.11 Å². The molecule has 0 saturated heterocycles. The predicted molar refractivity (Wildman–Crippen MR) is 125 cm³/mol. The Kier molecular flexibility index (Phi) is 6.92. The van der Waals surface area contributed by atoms with Crippen molar-refractivity contribution in [2.24, 2.45) is 0 Å². The summed E-state index contributed by atoms with van der Waals surface area (Å²) >= 11 is 0. The lowest BCUT2D eigenvalue weighted by atomic mass is 9.96. The molecule has 0 aliphatic rings. The molecular weight excluding hydrogens is 418 g/mol. The Morgan fingerprint density at radius 3 is 2.42 bits per heavy atom. The molecule has 7 nitrogen and oxygen atoms in total. The van der Waals surface area contributed by atoms with Crippen molar-refractivity contribution < 1.29 is 19.1 Å². The van der Waals surface area contributed by atoms with Crippen molar-refractivity contribution in [3.05, 3.63) is 83.9 Å². The van der Waals surface area contributed by atoms with Gasteiger partial charge in [-0.1, -0.05) is 54.6 Å². The van der Waals surface area contributed by atoms with E-state index >= 15 is 0 Å². The molecule has 0 bridgehead atoms. The van der Waals surface area contributed by atoms with Crippen LogP contribution in [0.2, 0.25) is 0 Å². The lowest BCUT2D eigenvalue weighted by molar-refractivity contribution is -0.144. The number of aromatic nitrogens is 2. The number of hydrogen-bond donors (Lipinski definition) is 2. The third kappa shape index (κ3) is 5.00. The van der Waals surface area contributed by atoms with Gasteiger partial charge in [0.15, 0.2) is 0 Å². The van der Waals surface area contributed by atoms with Crippen molar-refractivity contribution in [1.82, 2.24) is 15.5 Å². The highest BCUT2D eigenvalue weighted by molar-refractivity contribution is 5.76. The Morgan fingerprint density at radius 2 is 1.67 bits per heavy atom. The third-order valence-corrected chi connectivity index (χ3v) is 5.47. The average molecular weight is 444 g/mol. The normalized spacial score (nSPS) is 11.8. The van der Waals surface area contributed by atoms with Crippen LogP contribution in [0.3, 0.4) is 0 Å². The van der Waals surface area contributed by atoms with Gasteiger partial charge in [-0.3, -0.25) is 10.1 Å². The zero-order chi connectivity index (χ0) is 23.2. The van der Waals surface area contributed by atoms with Crippen LogP contribution in [-0.4, -0.2) is 41.0 Å². The van der Waals surface area contributed by atoms with E-state index in [-0.39, 0.29) is 6.61 Å². The molecule has 4 rings (SSSR count). The van der Waals surface area contributed by atoms with Crippen LogP contribution in [0, 0.1) is 6.92 Å². The van der Waals surface area contributed by atoms with Gasteiger partial charge < -0.3 is 14.3 Å². The second-order valence-electron chi connectivity index (χ2n) is 7.60. The Morgan fingerprint density at radius 1 is 0.970 bits per heavy atom. The molecule has 4 aromatic rings. The number of esters is 1. The second kappa shape index (κ2) is 10.2. The molecule has 0 unspecified atom stereocenters. The van der Waals surface area contributed by atoms with E-state index in [2.05, 4.69) is 38.5 Å². The molecule has 168 valence electrons. The number of aliphatic hydroxyl groups is 1. The molecule has 0 spiro atoms. The highest BCUT2D eigenvalue weighted by Gasteiger charge is 2.18. The van der Waals surface area contributed by atoms with E-state index in [0.717, 1.165) is 33.4 Å². The van der Waals surface area contributed by atoms with Gasteiger partial charge in [-0.15, -0.1) is 10.2 Å². The van der Waals surface area contributed by atoms with Gasteiger partial charge in [-0.05, 0) is 47.4 Å². The lowest BCUT2D eigenvalue weighted by Gasteiger charge is -2.13. The molecule has 0 fully saturated rings. The maximum atomic E-state index is 11.7. The largest absolute Gasteiger partial charge is 0.468 e. The van der Waals surface area contributed by atoms with Gasteiger partial charge in [0, 0.05) is 17.7 Å². The number of nitrogens with zero attached hydrogens (tertiary/aromatic N) is 2. The molecule has 0 amide bonds. The molecule has 1 heterocycles. The fraction of sp³-hybridized carbons (Fsp3) is 0.192. The Balaban J connectivity index is 1.56. The summed E-state index contributed by atoms with van der Waals surface area (Å²) in [5.41, 5.74) is 5.86. The summed E-state index contributed by atoms with van der Waals surface area (Å²) < 4.78 is 10.7. The summed E-state index contributed by atoms with van der Waals surface area (Å²) in [7, 11) is 1.29. The fourth-order valence-corrected chi connectivity index (χ4v) is 3.67. The first-order valence-electron chi connectivity index (χ1n) is 10.6. The van der Waals surface area contributed by atoms with Crippen molar-refractivity contribution in [2.75, 3.05) is 13.7 Å². The average Bonchev–Trinajstić information content (AvgIpc) is 3.35. The van der Waals surface area contributed by atoms with Crippen LogP contribution in [0.1, 0.15) is 11.1 Å². The number of benzene rings is 3. The van der Waals surface area contributed by atoms with E-state index in [9.17, 15) is 9.90 Å². The van der Waals surface area contributed by atoms with Gasteiger partial charge in [0.1, 0.15) is 6.04 Å². The number of methoxy groups -OCH3 is 1. The van der Waals surface area contributed by atoms with Crippen LogP contribution in [0.25, 0.3) is 34.0 Å². The number of carbonyl (C=O) groups is 1. The first-order chi connectivity index (χ1) is 16.1. The molecule has 1 aromatic heterocycles. The first-order valence-corrected chi connectivity index (χ1v) is 10.6. The topological polar surface area (TPSA) is 97.5 Å². The summed E-state index contributed by atoms with van der Waals surface area (Å²) in [6.45, 7) is 2.07. The second-order valence-corrected chi connectivity index (χ2v) is 7.60. The number of rotatable bonds is 8. The van der Waals surface area contributed by atoms with E-state index < -0.39 is 12.0 Å². The quantitative estimate of drug-likeness (QED) is 0.397. The molecule has 7 heteroatoms. The lowest BCUT2D eigenvalue weighted by Crippen LogP contribution is -2.40. The van der Waals surface area contributed by atoms with Crippen molar-refractivity contribution >= 4 is 5.97 Å². The van der Waals surface area contributed by atoms with Gasteiger partial charge in [-0.2, -0.15) is 0 Å². The minimum atomic E-state index is -0.784. The summed E-state index contributed by atoms with van der Waals surface area (Å²) in [6, 6.07) is 23.0. The molecule has 33 heavy (non-hydrogen) atoms. The highest BCUT2D eigenvalue weighted by atomic mass is 16.5. The van der Waals surface area contributed by atoms with Crippen LogP contribution < -0.4 is 5.32 Å². The Hall–Kier alpha value is -3.81. The summed E-state index contributed by atoms with van der Waals surface area (Å²) in [4.78, 5) is 11.7. The predicted octanol–water partition coefficient (Wildman–Crippen LogP) is 4.00. The van der Waals surface area contributed by atoms with E-state index in [4.69, 9.17) is 4.42 Å². The number of aliphatic hydroxyl groups excluding tert-OH is 1. The fourth-order valence-electron chi connectivity index (χ4n) is 3.67. The van der Waals surface area contributed by atoms with Gasteiger partial charge in [0.2, 0.25) is 11.8 Å². The van der Waals surface area contributed by atoms with Crippen molar-refractivity contribution in [3.8, 4) is 34.0 Å². The summed E-state index contributed by atoms with van der Waals surface area (Å²) in [6.07, 6.45) is 0. The number of carbonyl (C=O) groups excluding carboxylic acids is 1. The van der Waals surface area contributed by atoms with E-state index in [1.54, 1.807) is 0 Å². The zero-order valence-electron chi connectivity index (χ0n) is 18.5. The third-order valence-electron chi connectivity index (χ3n) is 5.47. The van der Waals surface area contributed by atoms with Gasteiger partial charge in [0.05, 0.1) is 13.7 Å². The zero-order valence-corrected chi connectivity index (χ0v) is 18.5.